The fourth-order valence-electron chi connectivity index (χ4n) is 3.62. The quantitative estimate of drug-likeness (QED) is 0.831. The van der Waals surface area contributed by atoms with Crippen molar-refractivity contribution in [3.63, 3.8) is 0 Å². The standard InChI is InChI=1S/C16H28N2O4/c1-3-14(12-4-6-22-7-5-12)17-16(21)18-9-11(2)8-13(10-18)15(19)20/h11-14H,3-10H2,1-2H3,(H,17,21)(H,19,20). The number of nitrogens with zero attached hydrogens (tertiary/aromatic N) is 1. The van der Waals surface area contributed by atoms with Crippen LogP contribution in [0.1, 0.15) is 39.5 Å². The maximum Gasteiger partial charge on any atom is 0.317 e. The zero-order chi connectivity index (χ0) is 16.1. The first-order valence-electron chi connectivity index (χ1n) is 8.37. The van der Waals surface area contributed by atoms with Gasteiger partial charge < -0.3 is 20.1 Å². The molecule has 2 fully saturated rings. The average molecular weight is 312 g/mol. The van der Waals surface area contributed by atoms with Gasteiger partial charge in [-0.05, 0) is 37.5 Å². The number of hydrogen-bond donors (Lipinski definition) is 2. The molecule has 0 radical (unpaired) electrons. The Morgan fingerprint density at radius 1 is 1.32 bits per heavy atom. The van der Waals surface area contributed by atoms with Crippen LogP contribution in [0.15, 0.2) is 0 Å². The summed E-state index contributed by atoms with van der Waals surface area (Å²) in [4.78, 5) is 25.4. The Kier molecular flexibility index (Phi) is 6.06. The van der Waals surface area contributed by atoms with Gasteiger partial charge in [-0.15, -0.1) is 0 Å². The van der Waals surface area contributed by atoms with Crippen LogP contribution in [0, 0.1) is 17.8 Å². The fraction of sp³-hybridized carbons (Fsp3) is 0.875. The van der Waals surface area contributed by atoms with Gasteiger partial charge in [0.15, 0.2) is 0 Å². The molecule has 2 rings (SSSR count). The van der Waals surface area contributed by atoms with Gasteiger partial charge in [0.05, 0.1) is 5.92 Å². The Labute approximate surface area is 132 Å². The Balaban J connectivity index is 1.92. The van der Waals surface area contributed by atoms with Gasteiger partial charge in [0.1, 0.15) is 0 Å². The molecule has 3 unspecified atom stereocenters. The SMILES string of the molecule is CCC(NC(=O)N1CC(C)CC(C(=O)O)C1)C1CCOCC1. The van der Waals surface area contributed by atoms with Gasteiger partial charge in [-0.2, -0.15) is 0 Å². The smallest absolute Gasteiger partial charge is 0.317 e. The molecule has 2 heterocycles. The number of urea groups is 1. The largest absolute Gasteiger partial charge is 0.481 e. The van der Waals surface area contributed by atoms with Crippen molar-refractivity contribution in [1.29, 1.82) is 0 Å². The van der Waals surface area contributed by atoms with E-state index in [-0.39, 0.29) is 18.0 Å². The summed E-state index contributed by atoms with van der Waals surface area (Å²) in [5.41, 5.74) is 0. The van der Waals surface area contributed by atoms with E-state index in [0.717, 1.165) is 32.5 Å². The molecule has 22 heavy (non-hydrogen) atoms. The fourth-order valence-corrected chi connectivity index (χ4v) is 3.62. The van der Waals surface area contributed by atoms with Gasteiger partial charge in [-0.3, -0.25) is 4.79 Å². The molecule has 6 heteroatoms. The van der Waals surface area contributed by atoms with Crippen molar-refractivity contribution >= 4 is 12.0 Å². The van der Waals surface area contributed by atoms with Crippen molar-refractivity contribution in [2.75, 3.05) is 26.3 Å². The number of carbonyl (C=O) groups excluding carboxylic acids is 1. The van der Waals surface area contributed by atoms with E-state index < -0.39 is 11.9 Å². The van der Waals surface area contributed by atoms with E-state index >= 15 is 0 Å². The zero-order valence-electron chi connectivity index (χ0n) is 13.6. The van der Waals surface area contributed by atoms with Crippen molar-refractivity contribution in [2.45, 2.75) is 45.6 Å². The summed E-state index contributed by atoms with van der Waals surface area (Å²) >= 11 is 0. The summed E-state index contributed by atoms with van der Waals surface area (Å²) < 4.78 is 5.38. The summed E-state index contributed by atoms with van der Waals surface area (Å²) in [6.45, 7) is 6.57. The molecule has 0 aromatic carbocycles. The Bertz CT molecular complexity index is 396. The molecule has 0 spiro atoms. The molecule has 0 saturated carbocycles. The van der Waals surface area contributed by atoms with Crippen LogP contribution >= 0.6 is 0 Å². The summed E-state index contributed by atoms with van der Waals surface area (Å²) in [7, 11) is 0. The number of aliphatic carboxylic acids is 1. The Morgan fingerprint density at radius 3 is 2.59 bits per heavy atom. The number of hydrogen-bond acceptors (Lipinski definition) is 3. The maximum absolute atomic E-state index is 12.5. The molecular weight excluding hydrogens is 284 g/mol. The summed E-state index contributed by atoms with van der Waals surface area (Å²) in [5.74, 6) is -0.567. The minimum Gasteiger partial charge on any atom is -0.481 e. The lowest BCUT2D eigenvalue weighted by Gasteiger charge is -2.37. The van der Waals surface area contributed by atoms with Crippen LogP contribution in [-0.2, 0) is 9.53 Å². The Hall–Kier alpha value is -1.30. The first kappa shape index (κ1) is 17.1. The highest BCUT2D eigenvalue weighted by Crippen LogP contribution is 2.24. The third-order valence-electron chi connectivity index (χ3n) is 4.88. The summed E-state index contributed by atoms with van der Waals surface area (Å²) in [6.07, 6.45) is 3.50. The molecule has 2 aliphatic rings. The van der Waals surface area contributed by atoms with E-state index in [9.17, 15) is 14.7 Å². The number of amides is 2. The van der Waals surface area contributed by atoms with Crippen molar-refractivity contribution in [1.82, 2.24) is 10.2 Å². The van der Waals surface area contributed by atoms with E-state index in [2.05, 4.69) is 12.2 Å². The van der Waals surface area contributed by atoms with Crippen LogP contribution < -0.4 is 5.32 Å². The summed E-state index contributed by atoms with van der Waals surface area (Å²) in [5, 5.41) is 12.3. The number of ether oxygens (including phenoxy) is 1. The highest BCUT2D eigenvalue weighted by Gasteiger charge is 2.33. The molecule has 2 saturated heterocycles. The summed E-state index contributed by atoms with van der Waals surface area (Å²) in [6, 6.07) is 0.0352. The Morgan fingerprint density at radius 2 is 2.00 bits per heavy atom. The number of rotatable bonds is 4. The highest BCUT2D eigenvalue weighted by molar-refractivity contribution is 5.76. The van der Waals surface area contributed by atoms with Crippen LogP contribution in [0.5, 0.6) is 0 Å². The molecule has 2 aliphatic heterocycles. The second kappa shape index (κ2) is 7.81. The predicted octanol–water partition coefficient (Wildman–Crippen LogP) is 1.94. The molecule has 2 amide bonds. The first-order valence-corrected chi connectivity index (χ1v) is 8.37. The molecule has 2 N–H and O–H groups in total. The number of piperidine rings is 1. The van der Waals surface area contributed by atoms with Gasteiger partial charge in [-0.25, -0.2) is 4.79 Å². The number of carboxylic acids is 1. The van der Waals surface area contributed by atoms with Crippen LogP contribution in [-0.4, -0.2) is 54.4 Å². The van der Waals surface area contributed by atoms with Crippen LogP contribution in [0.25, 0.3) is 0 Å². The van der Waals surface area contributed by atoms with Crippen molar-refractivity contribution < 1.29 is 19.4 Å². The number of carbonyl (C=O) groups is 2. The van der Waals surface area contributed by atoms with E-state index in [1.165, 1.54) is 0 Å². The lowest BCUT2D eigenvalue weighted by Crippen LogP contribution is -2.53. The second-order valence-electron chi connectivity index (χ2n) is 6.70. The van der Waals surface area contributed by atoms with Crippen LogP contribution in [0.3, 0.4) is 0 Å². The third kappa shape index (κ3) is 4.35. The molecule has 6 nitrogen and oxygen atoms in total. The van der Waals surface area contributed by atoms with Crippen molar-refractivity contribution in [3.8, 4) is 0 Å². The van der Waals surface area contributed by atoms with Crippen LogP contribution in [0.4, 0.5) is 4.79 Å². The molecule has 0 bridgehead atoms. The van der Waals surface area contributed by atoms with Crippen molar-refractivity contribution in [2.24, 2.45) is 17.8 Å². The highest BCUT2D eigenvalue weighted by atomic mass is 16.5. The second-order valence-corrected chi connectivity index (χ2v) is 6.70. The average Bonchev–Trinajstić information content (AvgIpc) is 2.52. The number of likely N-dealkylation sites (tertiary alicyclic amines) is 1. The van der Waals surface area contributed by atoms with E-state index in [1.54, 1.807) is 4.90 Å². The molecule has 126 valence electrons. The minimum absolute atomic E-state index is 0.115. The first-order chi connectivity index (χ1) is 10.5. The predicted molar refractivity (Wildman–Crippen MR) is 82.6 cm³/mol. The monoisotopic (exact) mass is 312 g/mol. The number of nitrogens with one attached hydrogen (secondary N) is 1. The normalized spacial score (nSPS) is 28.2. The zero-order valence-corrected chi connectivity index (χ0v) is 13.6. The van der Waals surface area contributed by atoms with Gasteiger partial charge in [-0.1, -0.05) is 13.8 Å². The molecule has 0 aromatic heterocycles. The van der Waals surface area contributed by atoms with Crippen LogP contribution in [0.2, 0.25) is 0 Å². The van der Waals surface area contributed by atoms with Gasteiger partial charge in [0.25, 0.3) is 0 Å². The van der Waals surface area contributed by atoms with Gasteiger partial charge in [0.2, 0.25) is 0 Å². The van der Waals surface area contributed by atoms with Crippen molar-refractivity contribution in [3.05, 3.63) is 0 Å². The van der Waals surface area contributed by atoms with E-state index in [1.807, 2.05) is 6.92 Å². The molecule has 3 atom stereocenters. The lowest BCUT2D eigenvalue weighted by atomic mass is 9.89. The topological polar surface area (TPSA) is 78.9 Å². The van der Waals surface area contributed by atoms with Gasteiger partial charge >= 0.3 is 12.0 Å². The molecule has 0 aromatic rings. The van der Waals surface area contributed by atoms with E-state index in [0.29, 0.717) is 25.4 Å². The third-order valence-corrected chi connectivity index (χ3v) is 4.88. The maximum atomic E-state index is 12.5. The lowest BCUT2D eigenvalue weighted by molar-refractivity contribution is -0.143. The number of carboxylic acid groups (broad SMARTS) is 1. The van der Waals surface area contributed by atoms with E-state index in [4.69, 9.17) is 4.74 Å². The molecule has 0 aliphatic carbocycles. The minimum atomic E-state index is -0.805. The van der Waals surface area contributed by atoms with Gasteiger partial charge in [0, 0.05) is 32.3 Å². The molecular formula is C16H28N2O4.